The number of anilines is 2. The number of aryl methyl sites for hydroxylation is 1. The molecule has 0 aliphatic rings. The number of carbonyl (C=O) groups excluding carboxylic acids is 2. The van der Waals surface area contributed by atoms with Crippen molar-refractivity contribution in [1.82, 2.24) is 0 Å². The Morgan fingerprint density at radius 1 is 0.923 bits per heavy atom. The summed E-state index contributed by atoms with van der Waals surface area (Å²) in [5.41, 5.74) is 1.73. The van der Waals surface area contributed by atoms with E-state index in [1.54, 1.807) is 43.4 Å². The predicted molar refractivity (Wildman–Crippen MR) is 107 cm³/mol. The molecule has 2 aromatic carbocycles. The average molecular weight is 416 g/mol. The van der Waals surface area contributed by atoms with Crippen molar-refractivity contribution in [1.29, 1.82) is 0 Å². The molecule has 0 heterocycles. The maximum atomic E-state index is 12.2. The Kier molecular flexibility index (Phi) is 7.29. The normalized spacial score (nSPS) is 11.7. The van der Waals surface area contributed by atoms with Gasteiger partial charge in [0.25, 0.3) is 11.8 Å². The quantitative estimate of drug-likeness (QED) is 0.679. The van der Waals surface area contributed by atoms with E-state index in [2.05, 4.69) is 10.6 Å². The number of amides is 2. The molecule has 26 heavy (non-hydrogen) atoms. The number of para-hydroxylation sites is 1. The van der Waals surface area contributed by atoms with Crippen LogP contribution in [-0.4, -0.2) is 32.0 Å². The minimum absolute atomic E-state index is 0.0799. The number of hydrogen-bond acceptors (Lipinski definition) is 2. The highest BCUT2D eigenvalue weighted by Crippen LogP contribution is 2.32. The van der Waals surface area contributed by atoms with Crippen molar-refractivity contribution in [3.63, 3.8) is 0 Å². The van der Waals surface area contributed by atoms with Crippen LogP contribution in [-0.2, 0) is 9.59 Å². The van der Waals surface area contributed by atoms with Crippen molar-refractivity contribution in [2.24, 2.45) is 0 Å². The van der Waals surface area contributed by atoms with Gasteiger partial charge in [0.2, 0.25) is 0 Å². The molecule has 0 spiro atoms. The van der Waals surface area contributed by atoms with Crippen LogP contribution < -0.4 is 15.5 Å². The monoisotopic (exact) mass is 414 g/mol. The van der Waals surface area contributed by atoms with Gasteiger partial charge in [0.15, 0.2) is 13.1 Å². The molecule has 8 heteroatoms. The van der Waals surface area contributed by atoms with Crippen LogP contribution in [0.1, 0.15) is 5.56 Å². The van der Waals surface area contributed by atoms with Crippen molar-refractivity contribution in [3.05, 3.63) is 57.0 Å². The Labute approximate surface area is 167 Å². The standard InChI is InChI=1S/C18H18Cl3N3O2/c1-11-7-8-13(20)18(17(11)21)23-16(26)10-24(2)9-15(25)22-14-6-4-3-5-12(14)19/h3-8H,9-10H2,1-2H3,(H,22,25)(H,23,26)/p+1. The number of hydrogen-bond donors (Lipinski definition) is 3. The van der Waals surface area contributed by atoms with E-state index >= 15 is 0 Å². The van der Waals surface area contributed by atoms with E-state index in [-0.39, 0.29) is 24.9 Å². The number of benzene rings is 2. The number of nitrogens with one attached hydrogen (secondary N) is 3. The second kappa shape index (κ2) is 9.24. The molecule has 2 rings (SSSR count). The van der Waals surface area contributed by atoms with Crippen LogP contribution in [0.5, 0.6) is 0 Å². The first-order valence-electron chi connectivity index (χ1n) is 7.88. The van der Waals surface area contributed by atoms with E-state index in [0.29, 0.717) is 31.3 Å². The Bertz CT molecular complexity index is 827. The number of halogens is 3. The summed E-state index contributed by atoms with van der Waals surface area (Å²) < 4.78 is 0. The van der Waals surface area contributed by atoms with E-state index in [0.717, 1.165) is 5.56 Å². The van der Waals surface area contributed by atoms with E-state index in [9.17, 15) is 9.59 Å². The molecule has 1 unspecified atom stereocenters. The first kappa shape index (κ1) is 20.5. The maximum absolute atomic E-state index is 12.2. The smallest absolute Gasteiger partial charge is 0.279 e. The second-order valence-electron chi connectivity index (χ2n) is 5.94. The fraction of sp³-hybridized carbons (Fsp3) is 0.222. The molecule has 0 aliphatic carbocycles. The van der Waals surface area contributed by atoms with Crippen LogP contribution in [0.4, 0.5) is 11.4 Å². The number of carbonyl (C=O) groups is 2. The Balaban J connectivity index is 1.90. The lowest BCUT2D eigenvalue weighted by Crippen LogP contribution is -3.11. The van der Waals surface area contributed by atoms with Crippen LogP contribution in [0.2, 0.25) is 15.1 Å². The van der Waals surface area contributed by atoms with Crippen LogP contribution in [0.15, 0.2) is 36.4 Å². The molecular formula is C18H19Cl3N3O2+. The molecule has 5 nitrogen and oxygen atoms in total. The predicted octanol–water partition coefficient (Wildman–Crippen LogP) is 3.05. The summed E-state index contributed by atoms with van der Waals surface area (Å²) in [6, 6.07) is 10.4. The fourth-order valence-corrected chi connectivity index (χ4v) is 2.97. The highest BCUT2D eigenvalue weighted by Gasteiger charge is 2.17. The molecule has 0 saturated carbocycles. The molecular weight excluding hydrogens is 397 g/mol. The molecule has 0 bridgehead atoms. The van der Waals surface area contributed by atoms with Crippen LogP contribution in [0.3, 0.4) is 0 Å². The van der Waals surface area contributed by atoms with E-state index in [1.807, 2.05) is 6.92 Å². The van der Waals surface area contributed by atoms with E-state index < -0.39 is 0 Å². The van der Waals surface area contributed by atoms with Gasteiger partial charge in [0.05, 0.1) is 33.5 Å². The number of rotatable bonds is 6. The zero-order valence-corrected chi connectivity index (χ0v) is 16.6. The lowest BCUT2D eigenvalue weighted by atomic mass is 10.2. The first-order valence-corrected chi connectivity index (χ1v) is 9.01. The third-order valence-corrected chi connectivity index (χ3v) is 4.75. The van der Waals surface area contributed by atoms with Gasteiger partial charge >= 0.3 is 0 Å². The lowest BCUT2D eigenvalue weighted by Gasteiger charge is -2.15. The molecule has 2 aromatic rings. The van der Waals surface area contributed by atoms with E-state index in [4.69, 9.17) is 34.8 Å². The number of quaternary nitrogens is 1. The summed E-state index contributed by atoms with van der Waals surface area (Å²) in [6.07, 6.45) is 0. The van der Waals surface area contributed by atoms with Gasteiger partial charge in [0.1, 0.15) is 0 Å². The molecule has 0 aromatic heterocycles. The van der Waals surface area contributed by atoms with Gasteiger partial charge < -0.3 is 15.5 Å². The Morgan fingerprint density at radius 3 is 2.19 bits per heavy atom. The van der Waals surface area contributed by atoms with Gasteiger partial charge in [-0.3, -0.25) is 9.59 Å². The fourth-order valence-electron chi connectivity index (χ4n) is 2.32. The van der Waals surface area contributed by atoms with Crippen molar-refractivity contribution in [2.45, 2.75) is 6.92 Å². The zero-order chi connectivity index (χ0) is 19.3. The summed E-state index contributed by atoms with van der Waals surface area (Å²) in [5, 5.41) is 6.65. The second-order valence-corrected chi connectivity index (χ2v) is 7.13. The zero-order valence-electron chi connectivity index (χ0n) is 14.3. The molecule has 0 aliphatic heterocycles. The molecule has 0 radical (unpaired) electrons. The molecule has 138 valence electrons. The van der Waals surface area contributed by atoms with Crippen LogP contribution >= 0.6 is 34.8 Å². The maximum Gasteiger partial charge on any atom is 0.279 e. The lowest BCUT2D eigenvalue weighted by molar-refractivity contribution is -0.862. The van der Waals surface area contributed by atoms with Gasteiger partial charge in [0, 0.05) is 0 Å². The third kappa shape index (κ3) is 5.61. The first-order chi connectivity index (χ1) is 12.3. The topological polar surface area (TPSA) is 62.6 Å². The highest BCUT2D eigenvalue weighted by atomic mass is 35.5. The summed E-state index contributed by atoms with van der Waals surface area (Å²) in [5.74, 6) is -0.530. The largest absolute Gasteiger partial charge is 0.322 e. The molecule has 1 atom stereocenters. The molecule has 0 fully saturated rings. The van der Waals surface area contributed by atoms with Gasteiger partial charge in [-0.05, 0) is 30.7 Å². The van der Waals surface area contributed by atoms with Gasteiger partial charge in [-0.15, -0.1) is 0 Å². The Hall–Kier alpha value is -1.79. The summed E-state index contributed by atoms with van der Waals surface area (Å²) in [7, 11) is 1.74. The number of likely N-dealkylation sites (N-methyl/N-ethyl adjacent to an activating group) is 1. The minimum Gasteiger partial charge on any atom is -0.322 e. The van der Waals surface area contributed by atoms with Gasteiger partial charge in [-0.1, -0.05) is 53.0 Å². The minimum atomic E-state index is -0.289. The van der Waals surface area contributed by atoms with Crippen molar-refractivity contribution < 1.29 is 14.5 Å². The van der Waals surface area contributed by atoms with Gasteiger partial charge in [-0.25, -0.2) is 0 Å². The summed E-state index contributed by atoms with van der Waals surface area (Å²) in [4.78, 5) is 25.0. The molecule has 0 saturated heterocycles. The summed E-state index contributed by atoms with van der Waals surface area (Å²) in [6.45, 7) is 2.01. The molecule has 2 amide bonds. The SMILES string of the molecule is Cc1ccc(Cl)c(NC(=O)C[NH+](C)CC(=O)Nc2ccccc2Cl)c1Cl. The highest BCUT2D eigenvalue weighted by molar-refractivity contribution is 6.40. The van der Waals surface area contributed by atoms with E-state index in [1.165, 1.54) is 0 Å². The van der Waals surface area contributed by atoms with Gasteiger partial charge in [-0.2, -0.15) is 0 Å². The average Bonchev–Trinajstić information content (AvgIpc) is 2.57. The third-order valence-electron chi connectivity index (χ3n) is 3.62. The van der Waals surface area contributed by atoms with Crippen molar-refractivity contribution >= 4 is 58.0 Å². The van der Waals surface area contributed by atoms with Crippen LogP contribution in [0.25, 0.3) is 0 Å². The Morgan fingerprint density at radius 2 is 1.54 bits per heavy atom. The molecule has 3 N–H and O–H groups in total. The van der Waals surface area contributed by atoms with Crippen molar-refractivity contribution in [2.75, 3.05) is 30.8 Å². The summed E-state index contributed by atoms with van der Waals surface area (Å²) >= 11 is 18.3. The van der Waals surface area contributed by atoms with Crippen LogP contribution in [0, 0.1) is 6.92 Å². The van der Waals surface area contributed by atoms with Crippen molar-refractivity contribution in [3.8, 4) is 0 Å².